The molecule has 1 heterocycles. The molecule has 0 saturated carbocycles. The van der Waals surface area contributed by atoms with Gasteiger partial charge in [0.15, 0.2) is 0 Å². The largest absolute Gasteiger partial charge is 0.347 e. The van der Waals surface area contributed by atoms with Gasteiger partial charge in [-0.1, -0.05) is 23.7 Å². The van der Waals surface area contributed by atoms with Crippen molar-refractivity contribution in [2.24, 2.45) is 0 Å². The van der Waals surface area contributed by atoms with Crippen molar-refractivity contribution in [1.82, 2.24) is 9.36 Å². The van der Waals surface area contributed by atoms with E-state index in [-0.39, 0.29) is 0 Å². The Morgan fingerprint density at radius 3 is 2.44 bits per heavy atom. The van der Waals surface area contributed by atoms with E-state index in [1.807, 2.05) is 24.3 Å². The van der Waals surface area contributed by atoms with Gasteiger partial charge in [-0.2, -0.15) is 4.37 Å². The minimum absolute atomic E-state index is 0.758. The molecule has 0 radical (unpaired) electrons. The van der Waals surface area contributed by atoms with Crippen molar-refractivity contribution in [1.29, 1.82) is 0 Å². The van der Waals surface area contributed by atoms with Crippen LogP contribution in [0, 0.1) is 0 Å². The molecular weight excluding hydrogens is 266 g/mol. The van der Waals surface area contributed by atoms with E-state index in [9.17, 15) is 0 Å². The predicted octanol–water partition coefficient (Wildman–Crippen LogP) is 3.63. The summed E-state index contributed by atoms with van der Waals surface area (Å²) in [5.41, 5.74) is 1.18. The van der Waals surface area contributed by atoms with Crippen molar-refractivity contribution in [3.63, 3.8) is 0 Å². The van der Waals surface area contributed by atoms with E-state index in [0.29, 0.717) is 0 Å². The van der Waals surface area contributed by atoms with Gasteiger partial charge in [-0.25, -0.2) is 4.98 Å². The van der Waals surface area contributed by atoms with Gasteiger partial charge in [-0.15, -0.1) is 0 Å². The quantitative estimate of drug-likeness (QED) is 0.838. The van der Waals surface area contributed by atoms with E-state index in [0.717, 1.165) is 35.5 Å². The maximum absolute atomic E-state index is 5.86. The smallest absolute Gasteiger partial charge is 0.205 e. The summed E-state index contributed by atoms with van der Waals surface area (Å²) >= 11 is 7.33. The zero-order chi connectivity index (χ0) is 13.0. The average molecular weight is 282 g/mol. The minimum Gasteiger partial charge on any atom is -0.347 e. The molecule has 0 amide bonds. The van der Waals surface area contributed by atoms with Gasteiger partial charge in [0.25, 0.3) is 0 Å². The second-order valence-electron chi connectivity index (χ2n) is 3.97. The number of halogens is 1. The fourth-order valence-corrected chi connectivity index (χ4v) is 2.66. The first-order valence-corrected chi connectivity index (χ1v) is 7.20. The molecule has 2 rings (SSSR count). The van der Waals surface area contributed by atoms with Crippen molar-refractivity contribution in [3.8, 4) is 0 Å². The van der Waals surface area contributed by atoms with Gasteiger partial charge in [0.1, 0.15) is 5.82 Å². The summed E-state index contributed by atoms with van der Waals surface area (Å²) in [4.78, 5) is 6.78. The van der Waals surface area contributed by atoms with Crippen LogP contribution in [0.2, 0.25) is 5.02 Å². The van der Waals surface area contributed by atoms with E-state index in [1.165, 1.54) is 17.1 Å². The Balaban J connectivity index is 2.08. The predicted molar refractivity (Wildman–Crippen MR) is 77.7 cm³/mol. The van der Waals surface area contributed by atoms with Crippen LogP contribution in [-0.4, -0.2) is 22.4 Å². The van der Waals surface area contributed by atoms with Crippen molar-refractivity contribution in [2.75, 3.05) is 18.0 Å². The molecule has 0 saturated heterocycles. The van der Waals surface area contributed by atoms with Crippen LogP contribution in [0.5, 0.6) is 0 Å². The van der Waals surface area contributed by atoms with E-state index < -0.39 is 0 Å². The minimum atomic E-state index is 0.758. The second kappa shape index (κ2) is 6.16. The molecular formula is C13H16ClN3S. The van der Waals surface area contributed by atoms with Crippen LogP contribution in [0.4, 0.5) is 5.13 Å². The number of rotatable bonds is 5. The van der Waals surface area contributed by atoms with Crippen molar-refractivity contribution >= 4 is 28.3 Å². The Kier molecular flexibility index (Phi) is 4.55. The maximum Gasteiger partial charge on any atom is 0.205 e. The van der Waals surface area contributed by atoms with E-state index >= 15 is 0 Å². The molecule has 0 aliphatic carbocycles. The Morgan fingerprint density at radius 1 is 1.17 bits per heavy atom. The normalized spacial score (nSPS) is 10.6. The molecule has 0 atom stereocenters. The van der Waals surface area contributed by atoms with Crippen molar-refractivity contribution in [3.05, 3.63) is 40.7 Å². The number of anilines is 1. The molecule has 96 valence electrons. The Bertz CT molecular complexity index is 491. The third kappa shape index (κ3) is 3.21. The van der Waals surface area contributed by atoms with Crippen LogP contribution >= 0.6 is 23.1 Å². The number of hydrogen-bond donors (Lipinski definition) is 0. The van der Waals surface area contributed by atoms with E-state index in [2.05, 4.69) is 28.1 Å². The zero-order valence-corrected chi connectivity index (χ0v) is 12.1. The van der Waals surface area contributed by atoms with Gasteiger partial charge in [0.05, 0.1) is 0 Å². The molecule has 1 aromatic heterocycles. The highest BCUT2D eigenvalue weighted by molar-refractivity contribution is 7.09. The SMILES string of the molecule is CCN(CC)c1nc(Cc2ccc(Cl)cc2)ns1. The summed E-state index contributed by atoms with van der Waals surface area (Å²) in [6.07, 6.45) is 0.759. The van der Waals surface area contributed by atoms with Crippen LogP contribution in [0.15, 0.2) is 24.3 Å². The number of benzene rings is 1. The van der Waals surface area contributed by atoms with Gasteiger partial charge < -0.3 is 4.90 Å². The lowest BCUT2D eigenvalue weighted by molar-refractivity contribution is 0.853. The molecule has 1 aromatic carbocycles. The first-order chi connectivity index (χ1) is 8.72. The van der Waals surface area contributed by atoms with Gasteiger partial charge in [0, 0.05) is 36.1 Å². The topological polar surface area (TPSA) is 29.0 Å². The molecule has 5 heteroatoms. The molecule has 0 fully saturated rings. The lowest BCUT2D eigenvalue weighted by Crippen LogP contribution is -2.21. The zero-order valence-electron chi connectivity index (χ0n) is 10.6. The highest BCUT2D eigenvalue weighted by Gasteiger charge is 2.09. The van der Waals surface area contributed by atoms with Gasteiger partial charge >= 0.3 is 0 Å². The monoisotopic (exact) mass is 281 g/mol. The highest BCUT2D eigenvalue weighted by Crippen LogP contribution is 2.19. The summed E-state index contributed by atoms with van der Waals surface area (Å²) in [5.74, 6) is 0.879. The summed E-state index contributed by atoms with van der Waals surface area (Å²) in [6, 6.07) is 7.82. The average Bonchev–Trinajstić information content (AvgIpc) is 2.82. The fourth-order valence-electron chi connectivity index (χ4n) is 1.72. The van der Waals surface area contributed by atoms with E-state index in [4.69, 9.17) is 11.6 Å². The lowest BCUT2D eigenvalue weighted by Gasteiger charge is -2.15. The van der Waals surface area contributed by atoms with Gasteiger partial charge in [0.2, 0.25) is 5.13 Å². The summed E-state index contributed by atoms with van der Waals surface area (Å²) in [5, 5.41) is 1.76. The van der Waals surface area contributed by atoms with Crippen molar-refractivity contribution < 1.29 is 0 Å². The van der Waals surface area contributed by atoms with E-state index in [1.54, 1.807) is 0 Å². The number of nitrogens with zero attached hydrogens (tertiary/aromatic N) is 3. The molecule has 0 spiro atoms. The van der Waals surface area contributed by atoms with Crippen LogP contribution in [0.1, 0.15) is 25.2 Å². The van der Waals surface area contributed by atoms with Crippen molar-refractivity contribution in [2.45, 2.75) is 20.3 Å². The molecule has 0 bridgehead atoms. The molecule has 18 heavy (non-hydrogen) atoms. The molecule has 0 N–H and O–H groups in total. The molecule has 3 nitrogen and oxygen atoms in total. The number of aromatic nitrogens is 2. The van der Waals surface area contributed by atoms with Gasteiger partial charge in [-0.3, -0.25) is 0 Å². The Labute approximate surface area is 117 Å². The first-order valence-electron chi connectivity index (χ1n) is 6.05. The van der Waals surface area contributed by atoms with Crippen LogP contribution in [0.25, 0.3) is 0 Å². The van der Waals surface area contributed by atoms with Gasteiger partial charge in [-0.05, 0) is 31.5 Å². The highest BCUT2D eigenvalue weighted by atomic mass is 35.5. The summed E-state index contributed by atoms with van der Waals surface area (Å²) < 4.78 is 4.41. The molecule has 2 aromatic rings. The number of hydrogen-bond acceptors (Lipinski definition) is 4. The molecule has 0 unspecified atom stereocenters. The fraction of sp³-hybridized carbons (Fsp3) is 0.385. The standard InChI is InChI=1S/C13H16ClN3S/c1-3-17(4-2)13-15-12(16-18-13)9-10-5-7-11(14)8-6-10/h5-8H,3-4,9H2,1-2H3. The van der Waals surface area contributed by atoms with Crippen LogP contribution < -0.4 is 4.90 Å². The third-order valence-corrected chi connectivity index (χ3v) is 3.83. The molecule has 0 aliphatic rings. The summed E-state index contributed by atoms with van der Waals surface area (Å²) in [7, 11) is 0. The van der Waals surface area contributed by atoms with Crippen LogP contribution in [0.3, 0.4) is 0 Å². The molecule has 0 aliphatic heterocycles. The first kappa shape index (κ1) is 13.3. The Morgan fingerprint density at radius 2 is 1.83 bits per heavy atom. The lowest BCUT2D eigenvalue weighted by atomic mass is 10.1. The second-order valence-corrected chi connectivity index (χ2v) is 5.14. The Hall–Kier alpha value is -1.13. The maximum atomic E-state index is 5.86. The summed E-state index contributed by atoms with van der Waals surface area (Å²) in [6.45, 7) is 6.19. The third-order valence-electron chi connectivity index (χ3n) is 2.77. The van der Waals surface area contributed by atoms with Crippen LogP contribution in [-0.2, 0) is 6.42 Å².